The molecule has 2 amide bonds. The van der Waals surface area contributed by atoms with Crippen LogP contribution in [-0.2, 0) is 11.8 Å². The predicted molar refractivity (Wildman–Crippen MR) is 158 cm³/mol. The van der Waals surface area contributed by atoms with Crippen molar-refractivity contribution in [3.8, 4) is 6.01 Å². The third-order valence-electron chi connectivity index (χ3n) is 7.80. The zero-order valence-electron chi connectivity index (χ0n) is 24.1. The highest BCUT2D eigenvalue weighted by atomic mass is 19.1. The van der Waals surface area contributed by atoms with Crippen molar-refractivity contribution in [1.29, 1.82) is 0 Å². The molecule has 12 heteroatoms. The number of hydrogen-bond acceptors (Lipinski definition) is 8. The first-order valence-corrected chi connectivity index (χ1v) is 14.4. The summed E-state index contributed by atoms with van der Waals surface area (Å²) < 4.78 is 22.1. The monoisotopic (exact) mass is 574 g/mol. The van der Waals surface area contributed by atoms with E-state index in [2.05, 4.69) is 44.4 Å². The average Bonchev–Trinajstić information content (AvgIpc) is 3.33. The Balaban J connectivity index is 1.31. The number of benzene rings is 2. The van der Waals surface area contributed by atoms with Gasteiger partial charge in [0.25, 0.3) is 5.91 Å². The van der Waals surface area contributed by atoms with E-state index in [0.717, 1.165) is 43.5 Å². The van der Waals surface area contributed by atoms with Gasteiger partial charge in [-0.25, -0.2) is 9.37 Å². The molecule has 2 atom stereocenters. The summed E-state index contributed by atoms with van der Waals surface area (Å²) >= 11 is 0. The molecule has 0 spiro atoms. The Labute approximate surface area is 243 Å². The number of fused-ring (bicyclic) bond motifs is 2. The van der Waals surface area contributed by atoms with Crippen molar-refractivity contribution >= 4 is 45.0 Å². The fourth-order valence-corrected chi connectivity index (χ4v) is 5.97. The molecule has 2 aromatic carbocycles. The van der Waals surface area contributed by atoms with Crippen molar-refractivity contribution in [3.63, 3.8) is 0 Å². The van der Waals surface area contributed by atoms with E-state index in [1.54, 1.807) is 36.5 Å². The Bertz CT molecular complexity index is 1650. The molecule has 4 heterocycles. The molecule has 0 radical (unpaired) electrons. The number of carbonyl (C=O) groups excluding carboxylic acids is 2. The molecule has 2 aliphatic heterocycles. The Morgan fingerprint density at radius 3 is 2.76 bits per heavy atom. The number of likely N-dealkylation sites (tertiary alicyclic amines) is 1. The molecule has 2 saturated heterocycles. The highest BCUT2D eigenvalue weighted by Gasteiger charge is 2.25. The number of piperazine rings is 1. The molecular formula is C30H35FN8O3. The summed E-state index contributed by atoms with van der Waals surface area (Å²) in [7, 11) is 1.72. The van der Waals surface area contributed by atoms with E-state index >= 15 is 0 Å². The van der Waals surface area contributed by atoms with Gasteiger partial charge in [-0.05, 0) is 51.0 Å². The smallest absolute Gasteiger partial charge is 0.317 e. The van der Waals surface area contributed by atoms with Gasteiger partial charge in [0, 0.05) is 79.7 Å². The van der Waals surface area contributed by atoms with Crippen LogP contribution in [0.3, 0.4) is 0 Å². The lowest BCUT2D eigenvalue weighted by molar-refractivity contribution is -0.133. The minimum absolute atomic E-state index is 0.128. The number of amides is 2. The maximum Gasteiger partial charge on any atom is 0.317 e. The number of nitrogens with one attached hydrogen (secondary N) is 2. The number of piperidine rings is 1. The zero-order chi connectivity index (χ0) is 29.4. The van der Waals surface area contributed by atoms with Gasteiger partial charge in [0.15, 0.2) is 5.82 Å². The summed E-state index contributed by atoms with van der Waals surface area (Å²) in [6.07, 6.45) is 5.86. The van der Waals surface area contributed by atoms with Crippen LogP contribution < -0.4 is 20.3 Å². The Hall–Kier alpha value is -4.32. The first kappa shape index (κ1) is 27.8. The molecule has 4 aromatic rings. The Morgan fingerprint density at radius 1 is 1.17 bits per heavy atom. The molecule has 2 N–H and O–H groups in total. The van der Waals surface area contributed by atoms with Crippen molar-refractivity contribution in [2.75, 3.05) is 43.0 Å². The number of ether oxygens (including phenoxy) is 1. The van der Waals surface area contributed by atoms with Crippen molar-refractivity contribution < 1.29 is 18.7 Å². The molecule has 0 bridgehead atoms. The molecule has 2 fully saturated rings. The van der Waals surface area contributed by atoms with Gasteiger partial charge in [-0.3, -0.25) is 14.3 Å². The van der Waals surface area contributed by atoms with Gasteiger partial charge in [-0.1, -0.05) is 0 Å². The predicted octanol–water partition coefficient (Wildman–Crippen LogP) is 3.49. The van der Waals surface area contributed by atoms with Crippen LogP contribution >= 0.6 is 0 Å². The second-order valence-corrected chi connectivity index (χ2v) is 11.3. The standard InChI is InChI=1S/C30H35FN8O3/c1-18-15-39(16-19(2)33-18)25-8-7-22(29(41)34-21-12-20-17-37(3)36-27(20)24(31)13-21)28-23(25)14-32-30(35-28)42-11-10-38-9-5-4-6-26(38)40/h7-8,12-14,17-19,33H,4-6,9-11,15-16H2,1-3H3,(H,34,41)/t18-,19+. The van der Waals surface area contributed by atoms with Crippen LogP contribution in [0.1, 0.15) is 43.5 Å². The zero-order valence-corrected chi connectivity index (χ0v) is 24.1. The number of halogens is 1. The Morgan fingerprint density at radius 2 is 1.98 bits per heavy atom. The summed E-state index contributed by atoms with van der Waals surface area (Å²) in [6, 6.07) is 7.30. The number of nitrogens with zero attached hydrogens (tertiary/aromatic N) is 6. The lowest BCUT2D eigenvalue weighted by atomic mass is 10.0. The van der Waals surface area contributed by atoms with E-state index in [-0.39, 0.29) is 36.1 Å². The maximum absolute atomic E-state index is 14.7. The summed E-state index contributed by atoms with van der Waals surface area (Å²) in [5.41, 5.74) is 2.23. The van der Waals surface area contributed by atoms with Crippen LogP contribution in [0.25, 0.3) is 21.8 Å². The third-order valence-corrected chi connectivity index (χ3v) is 7.80. The number of anilines is 2. The number of hydrogen-bond donors (Lipinski definition) is 2. The first-order valence-electron chi connectivity index (χ1n) is 14.4. The molecular weight excluding hydrogens is 539 g/mol. The van der Waals surface area contributed by atoms with E-state index in [9.17, 15) is 14.0 Å². The molecule has 0 aliphatic carbocycles. The largest absolute Gasteiger partial charge is 0.462 e. The molecule has 220 valence electrons. The first-order chi connectivity index (χ1) is 20.2. The van der Waals surface area contributed by atoms with Gasteiger partial charge in [0.05, 0.1) is 17.6 Å². The molecule has 0 unspecified atom stereocenters. The average molecular weight is 575 g/mol. The van der Waals surface area contributed by atoms with Crippen LogP contribution in [0.5, 0.6) is 6.01 Å². The lowest BCUT2D eigenvalue weighted by Crippen LogP contribution is -2.54. The molecule has 11 nitrogen and oxygen atoms in total. The minimum atomic E-state index is -0.518. The van der Waals surface area contributed by atoms with Gasteiger partial charge in [0.2, 0.25) is 5.91 Å². The van der Waals surface area contributed by atoms with E-state index < -0.39 is 11.7 Å². The quantitative estimate of drug-likeness (QED) is 0.345. The van der Waals surface area contributed by atoms with Gasteiger partial charge in [-0.15, -0.1) is 0 Å². The van der Waals surface area contributed by atoms with Crippen molar-refractivity contribution in [3.05, 3.63) is 48.0 Å². The second-order valence-electron chi connectivity index (χ2n) is 11.3. The number of aryl methyl sites for hydroxylation is 1. The normalized spacial score (nSPS) is 19.5. The second kappa shape index (κ2) is 11.5. The van der Waals surface area contributed by atoms with Gasteiger partial charge in [0.1, 0.15) is 12.1 Å². The topological polar surface area (TPSA) is 118 Å². The van der Waals surface area contributed by atoms with Crippen molar-refractivity contribution in [1.82, 2.24) is 30.0 Å². The SMILES string of the molecule is C[C@@H]1CN(c2ccc(C(=O)Nc3cc(F)c4nn(C)cc4c3)c3nc(OCCN4CCCCC4=O)ncc23)C[C@H](C)N1. The molecule has 2 aliphatic rings. The fourth-order valence-electron chi connectivity index (χ4n) is 5.97. The van der Waals surface area contributed by atoms with Crippen LogP contribution in [0, 0.1) is 5.82 Å². The number of aromatic nitrogens is 4. The summed E-state index contributed by atoms with van der Waals surface area (Å²) in [4.78, 5) is 39.0. The van der Waals surface area contributed by atoms with E-state index in [1.807, 2.05) is 6.07 Å². The van der Waals surface area contributed by atoms with E-state index in [1.165, 1.54) is 10.7 Å². The lowest BCUT2D eigenvalue weighted by Gasteiger charge is -2.38. The molecule has 2 aromatic heterocycles. The summed E-state index contributed by atoms with van der Waals surface area (Å²) in [5.74, 6) is -0.816. The van der Waals surface area contributed by atoms with Crippen molar-refractivity contribution in [2.24, 2.45) is 7.05 Å². The molecule has 0 saturated carbocycles. The molecule has 6 rings (SSSR count). The van der Waals surface area contributed by atoms with Gasteiger partial charge < -0.3 is 25.2 Å². The summed E-state index contributed by atoms with van der Waals surface area (Å²) in [5, 5.41) is 11.8. The summed E-state index contributed by atoms with van der Waals surface area (Å²) in [6.45, 7) is 7.28. The van der Waals surface area contributed by atoms with Crippen LogP contribution in [0.15, 0.2) is 36.7 Å². The van der Waals surface area contributed by atoms with Crippen LogP contribution in [0.4, 0.5) is 15.8 Å². The van der Waals surface area contributed by atoms with Crippen LogP contribution in [-0.4, -0.2) is 81.3 Å². The van der Waals surface area contributed by atoms with E-state index in [0.29, 0.717) is 35.1 Å². The van der Waals surface area contributed by atoms with Gasteiger partial charge >= 0.3 is 6.01 Å². The Kier molecular flexibility index (Phi) is 7.63. The highest BCUT2D eigenvalue weighted by molar-refractivity contribution is 6.14. The minimum Gasteiger partial charge on any atom is -0.462 e. The third kappa shape index (κ3) is 5.71. The van der Waals surface area contributed by atoms with E-state index in [4.69, 9.17) is 4.74 Å². The van der Waals surface area contributed by atoms with Gasteiger partial charge in [-0.2, -0.15) is 10.1 Å². The molecule has 42 heavy (non-hydrogen) atoms. The highest BCUT2D eigenvalue weighted by Crippen LogP contribution is 2.31. The fraction of sp³-hybridized carbons (Fsp3) is 0.433. The van der Waals surface area contributed by atoms with Crippen molar-refractivity contribution in [2.45, 2.75) is 45.2 Å². The van der Waals surface area contributed by atoms with Crippen LogP contribution in [0.2, 0.25) is 0 Å². The number of rotatable bonds is 7. The number of carbonyl (C=O) groups is 2. The maximum atomic E-state index is 14.7.